The number of benzene rings is 1. The van der Waals surface area contributed by atoms with Crippen LogP contribution in [0.5, 0.6) is 5.75 Å². The van der Waals surface area contributed by atoms with Crippen LogP contribution in [0.15, 0.2) is 12.1 Å². The lowest BCUT2D eigenvalue weighted by molar-refractivity contribution is 0.470. The molecule has 0 amide bonds. The van der Waals surface area contributed by atoms with E-state index in [2.05, 4.69) is 26.1 Å². The molecule has 1 aromatic carbocycles. The van der Waals surface area contributed by atoms with E-state index in [9.17, 15) is 5.11 Å². The molecule has 2 N–H and O–H groups in total. The van der Waals surface area contributed by atoms with Gasteiger partial charge in [0.15, 0.2) is 0 Å². The van der Waals surface area contributed by atoms with Crippen molar-refractivity contribution in [2.45, 2.75) is 47.1 Å². The van der Waals surface area contributed by atoms with Crippen molar-refractivity contribution in [2.75, 3.05) is 5.32 Å². The molecule has 16 heavy (non-hydrogen) atoms. The van der Waals surface area contributed by atoms with Crippen molar-refractivity contribution >= 4 is 5.69 Å². The molecule has 0 saturated carbocycles. The number of phenols is 1. The van der Waals surface area contributed by atoms with Crippen LogP contribution in [-0.2, 0) is 0 Å². The Morgan fingerprint density at radius 3 is 2.38 bits per heavy atom. The van der Waals surface area contributed by atoms with Crippen LogP contribution in [0.4, 0.5) is 5.69 Å². The monoisotopic (exact) mass is 221 g/mol. The lowest BCUT2D eigenvalue weighted by Gasteiger charge is -2.22. The Balaban J connectivity index is 2.85. The zero-order chi connectivity index (χ0) is 12.3. The summed E-state index contributed by atoms with van der Waals surface area (Å²) in [5, 5.41) is 13.1. The lowest BCUT2D eigenvalue weighted by atomic mass is 10.00. The maximum absolute atomic E-state index is 9.59. The zero-order valence-corrected chi connectivity index (χ0v) is 11.0. The molecule has 90 valence electrons. The molecule has 0 saturated heterocycles. The van der Waals surface area contributed by atoms with Gasteiger partial charge in [-0.25, -0.2) is 0 Å². The van der Waals surface area contributed by atoms with Crippen LogP contribution in [0.2, 0.25) is 0 Å². The van der Waals surface area contributed by atoms with Crippen LogP contribution >= 0.6 is 0 Å². The number of hydrogen-bond acceptors (Lipinski definition) is 2. The molecular formula is C14H23NO. The van der Waals surface area contributed by atoms with Gasteiger partial charge in [0.1, 0.15) is 5.75 Å². The van der Waals surface area contributed by atoms with E-state index in [1.165, 1.54) is 6.42 Å². The van der Waals surface area contributed by atoms with E-state index >= 15 is 0 Å². The summed E-state index contributed by atoms with van der Waals surface area (Å²) in [5.41, 5.74) is 3.14. The van der Waals surface area contributed by atoms with Crippen molar-refractivity contribution in [2.24, 2.45) is 5.92 Å². The normalized spacial score (nSPS) is 14.6. The summed E-state index contributed by atoms with van der Waals surface area (Å²) in [6.45, 7) is 10.6. The molecule has 2 atom stereocenters. The van der Waals surface area contributed by atoms with Crippen LogP contribution in [-0.4, -0.2) is 11.1 Å². The Bertz CT molecular complexity index is 360. The molecule has 2 nitrogen and oxygen atoms in total. The largest absolute Gasteiger partial charge is 0.508 e. The van der Waals surface area contributed by atoms with Gasteiger partial charge in [-0.3, -0.25) is 0 Å². The Hall–Kier alpha value is -1.18. The van der Waals surface area contributed by atoms with E-state index in [0.717, 1.165) is 16.8 Å². The molecule has 0 radical (unpaired) electrons. The maximum atomic E-state index is 9.59. The van der Waals surface area contributed by atoms with Crippen LogP contribution in [0.25, 0.3) is 0 Å². The van der Waals surface area contributed by atoms with Gasteiger partial charge < -0.3 is 10.4 Å². The third-order valence-corrected chi connectivity index (χ3v) is 3.42. The van der Waals surface area contributed by atoms with E-state index in [1.807, 2.05) is 26.0 Å². The van der Waals surface area contributed by atoms with E-state index in [0.29, 0.717) is 17.7 Å². The molecule has 0 bridgehead atoms. The molecule has 0 fully saturated rings. The van der Waals surface area contributed by atoms with E-state index in [-0.39, 0.29) is 0 Å². The highest BCUT2D eigenvalue weighted by Crippen LogP contribution is 2.26. The number of nitrogens with one attached hydrogen (secondary N) is 1. The van der Waals surface area contributed by atoms with E-state index < -0.39 is 0 Å². The molecule has 0 aliphatic rings. The summed E-state index contributed by atoms with van der Waals surface area (Å²) in [6, 6.07) is 4.29. The second-order valence-electron chi connectivity index (χ2n) is 4.77. The fraction of sp³-hybridized carbons (Fsp3) is 0.571. The van der Waals surface area contributed by atoms with Gasteiger partial charge in [-0.15, -0.1) is 0 Å². The number of aryl methyl sites for hydroxylation is 2. The summed E-state index contributed by atoms with van der Waals surface area (Å²) in [5.74, 6) is 1.02. The van der Waals surface area contributed by atoms with Crippen LogP contribution in [0.1, 0.15) is 38.3 Å². The average molecular weight is 221 g/mol. The standard InChI is InChI=1S/C14H23NO/c1-6-9(2)12(5)15-13-7-11(4)14(16)8-10(13)3/h7-9,12,15-16H,6H2,1-5H3. The third kappa shape index (κ3) is 2.91. The molecule has 1 aromatic rings. The first-order valence-corrected chi connectivity index (χ1v) is 6.02. The minimum atomic E-state index is 0.374. The topological polar surface area (TPSA) is 32.3 Å². The molecule has 0 heterocycles. The molecule has 2 heteroatoms. The molecule has 1 rings (SSSR count). The minimum Gasteiger partial charge on any atom is -0.508 e. The van der Waals surface area contributed by atoms with Crippen molar-refractivity contribution in [1.82, 2.24) is 0 Å². The number of rotatable bonds is 4. The predicted molar refractivity (Wildman–Crippen MR) is 70.1 cm³/mol. The van der Waals surface area contributed by atoms with Gasteiger partial charge in [0, 0.05) is 11.7 Å². The number of phenolic OH excluding ortho intramolecular Hbond substituents is 1. The van der Waals surface area contributed by atoms with Gasteiger partial charge >= 0.3 is 0 Å². The van der Waals surface area contributed by atoms with Gasteiger partial charge in [-0.05, 0) is 49.9 Å². The highest BCUT2D eigenvalue weighted by molar-refractivity contribution is 5.57. The Labute approximate surface area is 98.7 Å². The Morgan fingerprint density at radius 1 is 1.19 bits per heavy atom. The molecular weight excluding hydrogens is 198 g/mol. The zero-order valence-electron chi connectivity index (χ0n) is 11.0. The van der Waals surface area contributed by atoms with Gasteiger partial charge in [0.2, 0.25) is 0 Å². The summed E-state index contributed by atoms with van der Waals surface area (Å²) < 4.78 is 0. The summed E-state index contributed by atoms with van der Waals surface area (Å²) >= 11 is 0. The fourth-order valence-corrected chi connectivity index (χ4v) is 1.70. The first-order chi connectivity index (χ1) is 7.45. The van der Waals surface area contributed by atoms with Gasteiger partial charge in [0.05, 0.1) is 0 Å². The van der Waals surface area contributed by atoms with Gasteiger partial charge in [-0.1, -0.05) is 20.3 Å². The van der Waals surface area contributed by atoms with Gasteiger partial charge in [-0.2, -0.15) is 0 Å². The minimum absolute atomic E-state index is 0.374. The Morgan fingerprint density at radius 2 is 1.81 bits per heavy atom. The quantitative estimate of drug-likeness (QED) is 0.757. The van der Waals surface area contributed by atoms with E-state index in [1.54, 1.807) is 0 Å². The number of anilines is 1. The van der Waals surface area contributed by atoms with Crippen molar-refractivity contribution in [3.05, 3.63) is 23.3 Å². The SMILES string of the molecule is CCC(C)C(C)Nc1cc(C)c(O)cc1C. The summed E-state index contributed by atoms with van der Waals surface area (Å²) in [6.07, 6.45) is 1.17. The molecule has 0 aliphatic carbocycles. The molecule has 0 aliphatic heterocycles. The van der Waals surface area contributed by atoms with Crippen LogP contribution < -0.4 is 5.32 Å². The average Bonchev–Trinajstić information content (AvgIpc) is 2.24. The molecule has 0 spiro atoms. The predicted octanol–water partition coefficient (Wildman–Crippen LogP) is 3.86. The van der Waals surface area contributed by atoms with Crippen LogP contribution in [0.3, 0.4) is 0 Å². The van der Waals surface area contributed by atoms with Crippen molar-refractivity contribution < 1.29 is 5.11 Å². The number of hydrogen-bond donors (Lipinski definition) is 2. The Kier molecular flexibility index (Phi) is 4.22. The highest BCUT2D eigenvalue weighted by atomic mass is 16.3. The maximum Gasteiger partial charge on any atom is 0.118 e. The smallest absolute Gasteiger partial charge is 0.118 e. The highest BCUT2D eigenvalue weighted by Gasteiger charge is 2.11. The van der Waals surface area contributed by atoms with E-state index in [4.69, 9.17) is 0 Å². The van der Waals surface area contributed by atoms with Gasteiger partial charge in [0.25, 0.3) is 0 Å². The fourth-order valence-electron chi connectivity index (χ4n) is 1.70. The third-order valence-electron chi connectivity index (χ3n) is 3.42. The first kappa shape index (κ1) is 12.9. The van der Waals surface area contributed by atoms with Crippen molar-refractivity contribution in [3.63, 3.8) is 0 Å². The van der Waals surface area contributed by atoms with Crippen molar-refractivity contribution in [3.8, 4) is 5.75 Å². The molecule has 0 aromatic heterocycles. The molecule has 2 unspecified atom stereocenters. The number of aromatic hydroxyl groups is 1. The summed E-state index contributed by atoms with van der Waals surface area (Å²) in [7, 11) is 0. The second kappa shape index (κ2) is 5.24. The van der Waals surface area contributed by atoms with Crippen molar-refractivity contribution in [1.29, 1.82) is 0 Å². The lowest BCUT2D eigenvalue weighted by Crippen LogP contribution is -2.23. The van der Waals surface area contributed by atoms with Crippen LogP contribution in [0, 0.1) is 19.8 Å². The second-order valence-corrected chi connectivity index (χ2v) is 4.77. The first-order valence-electron chi connectivity index (χ1n) is 6.02. The summed E-state index contributed by atoms with van der Waals surface area (Å²) in [4.78, 5) is 0.